The first-order chi connectivity index (χ1) is 9.74. The van der Waals surface area contributed by atoms with E-state index in [0.717, 1.165) is 30.8 Å². The van der Waals surface area contributed by atoms with Crippen molar-refractivity contribution in [1.82, 2.24) is 10.3 Å². The van der Waals surface area contributed by atoms with E-state index in [-0.39, 0.29) is 0 Å². The van der Waals surface area contributed by atoms with Crippen LogP contribution < -0.4 is 10.1 Å². The van der Waals surface area contributed by atoms with Crippen molar-refractivity contribution in [2.24, 2.45) is 0 Å². The molecule has 1 atom stereocenters. The van der Waals surface area contributed by atoms with Gasteiger partial charge in [0.05, 0.1) is 12.1 Å². The van der Waals surface area contributed by atoms with Crippen molar-refractivity contribution in [2.75, 3.05) is 13.7 Å². The van der Waals surface area contributed by atoms with Crippen LogP contribution in [0.5, 0.6) is 5.75 Å². The lowest BCUT2D eigenvalue weighted by Crippen LogP contribution is -2.23. The molecule has 1 heterocycles. The van der Waals surface area contributed by atoms with Gasteiger partial charge in [0, 0.05) is 35.6 Å². The van der Waals surface area contributed by atoms with Gasteiger partial charge in [0.15, 0.2) is 0 Å². The van der Waals surface area contributed by atoms with E-state index in [2.05, 4.69) is 34.7 Å². The smallest absolute Gasteiger partial charge is 0.123 e. The number of nitrogens with one attached hydrogen (secondary N) is 1. The van der Waals surface area contributed by atoms with Gasteiger partial charge in [0.25, 0.3) is 0 Å². The fourth-order valence-electron chi connectivity index (χ4n) is 2.30. The van der Waals surface area contributed by atoms with Crippen molar-refractivity contribution in [3.8, 4) is 5.75 Å². The van der Waals surface area contributed by atoms with Crippen molar-refractivity contribution in [2.45, 2.75) is 32.7 Å². The quantitative estimate of drug-likeness (QED) is 0.843. The van der Waals surface area contributed by atoms with Crippen molar-refractivity contribution >= 4 is 11.3 Å². The summed E-state index contributed by atoms with van der Waals surface area (Å²) in [5.41, 5.74) is 2.34. The summed E-state index contributed by atoms with van der Waals surface area (Å²) in [7, 11) is 1.73. The fraction of sp³-hybridized carbons (Fsp3) is 0.438. The molecule has 0 bridgehead atoms. The molecule has 0 amide bonds. The lowest BCUT2D eigenvalue weighted by Gasteiger charge is -2.19. The Kier molecular flexibility index (Phi) is 5.56. The summed E-state index contributed by atoms with van der Waals surface area (Å²) in [6, 6.07) is 8.55. The Morgan fingerprint density at radius 2 is 2.15 bits per heavy atom. The molecule has 2 aromatic rings. The number of hydrogen-bond acceptors (Lipinski definition) is 4. The van der Waals surface area contributed by atoms with Crippen LogP contribution in [0.25, 0.3) is 0 Å². The van der Waals surface area contributed by atoms with Crippen LogP contribution in [0.2, 0.25) is 0 Å². The predicted octanol–water partition coefficient (Wildman–Crippen LogP) is 3.74. The molecule has 3 nitrogen and oxygen atoms in total. The van der Waals surface area contributed by atoms with Gasteiger partial charge in [-0.1, -0.05) is 25.1 Å². The number of methoxy groups -OCH3 is 1. The Balaban J connectivity index is 1.95. The van der Waals surface area contributed by atoms with Crippen LogP contribution in [-0.4, -0.2) is 18.6 Å². The average Bonchev–Trinajstić information content (AvgIpc) is 2.89. The number of hydrogen-bond donors (Lipinski definition) is 1. The second kappa shape index (κ2) is 7.41. The number of benzene rings is 1. The molecule has 0 saturated heterocycles. The highest BCUT2D eigenvalue weighted by atomic mass is 32.1. The average molecular weight is 290 g/mol. The molecule has 1 unspecified atom stereocenters. The van der Waals surface area contributed by atoms with E-state index in [4.69, 9.17) is 4.74 Å². The molecule has 0 spiro atoms. The van der Waals surface area contributed by atoms with E-state index in [0.29, 0.717) is 6.04 Å². The minimum atomic E-state index is 0.326. The molecular weight excluding hydrogens is 268 g/mol. The molecular formula is C16H22N2OS. The van der Waals surface area contributed by atoms with Gasteiger partial charge in [0.2, 0.25) is 0 Å². The van der Waals surface area contributed by atoms with Crippen molar-refractivity contribution in [1.29, 1.82) is 0 Å². The Morgan fingerprint density at radius 3 is 2.80 bits per heavy atom. The van der Waals surface area contributed by atoms with Gasteiger partial charge >= 0.3 is 0 Å². The number of para-hydroxylation sites is 1. The Labute approximate surface area is 125 Å². The van der Waals surface area contributed by atoms with E-state index >= 15 is 0 Å². The molecule has 0 aliphatic heterocycles. The molecule has 0 aliphatic rings. The zero-order chi connectivity index (χ0) is 14.4. The summed E-state index contributed by atoms with van der Waals surface area (Å²) >= 11 is 1.74. The van der Waals surface area contributed by atoms with Crippen molar-refractivity contribution in [3.05, 3.63) is 45.9 Å². The van der Waals surface area contributed by atoms with E-state index in [1.54, 1.807) is 18.4 Å². The molecule has 1 aromatic heterocycles. The molecule has 1 aromatic carbocycles. The Hall–Kier alpha value is -1.39. The molecule has 108 valence electrons. The van der Waals surface area contributed by atoms with Crippen molar-refractivity contribution < 1.29 is 4.74 Å². The van der Waals surface area contributed by atoms with Crippen LogP contribution in [0.3, 0.4) is 0 Å². The number of rotatable bonds is 7. The van der Waals surface area contributed by atoms with Gasteiger partial charge in [-0.25, -0.2) is 4.98 Å². The largest absolute Gasteiger partial charge is 0.496 e. The summed E-state index contributed by atoms with van der Waals surface area (Å²) in [6.45, 7) is 5.16. The Bertz CT molecular complexity index is 539. The summed E-state index contributed by atoms with van der Waals surface area (Å²) < 4.78 is 5.45. The number of aromatic nitrogens is 1. The van der Waals surface area contributed by atoms with E-state index in [1.807, 2.05) is 19.1 Å². The third-order valence-corrected chi connectivity index (χ3v) is 4.35. The highest BCUT2D eigenvalue weighted by Gasteiger charge is 2.13. The summed E-state index contributed by atoms with van der Waals surface area (Å²) in [6.07, 6.45) is 2.02. The summed E-state index contributed by atoms with van der Waals surface area (Å²) in [4.78, 5) is 4.49. The number of ether oxygens (including phenoxy) is 1. The molecule has 0 saturated carbocycles. The maximum absolute atomic E-state index is 5.45. The second-order valence-electron chi connectivity index (χ2n) is 4.79. The van der Waals surface area contributed by atoms with E-state index in [1.165, 1.54) is 10.6 Å². The first kappa shape index (κ1) is 15.0. The molecule has 0 aliphatic carbocycles. The fourth-order valence-corrected chi connectivity index (χ4v) is 3.08. The zero-order valence-corrected chi connectivity index (χ0v) is 13.2. The second-order valence-corrected chi connectivity index (χ2v) is 5.73. The monoisotopic (exact) mass is 290 g/mol. The first-order valence-corrected chi connectivity index (χ1v) is 7.89. The molecule has 2 rings (SSSR count). The molecule has 0 fully saturated rings. The number of aryl methyl sites for hydroxylation is 1. The van der Waals surface area contributed by atoms with Gasteiger partial charge in [-0.15, -0.1) is 11.3 Å². The normalized spacial score (nSPS) is 12.3. The minimum absolute atomic E-state index is 0.326. The minimum Gasteiger partial charge on any atom is -0.496 e. The van der Waals surface area contributed by atoms with Gasteiger partial charge in [0.1, 0.15) is 5.75 Å². The zero-order valence-electron chi connectivity index (χ0n) is 12.3. The predicted molar refractivity (Wildman–Crippen MR) is 84.6 cm³/mol. The topological polar surface area (TPSA) is 34.2 Å². The standard InChI is InChI=1S/C16H22N2OS/c1-4-14(13-7-5-6-8-15(13)19-3)17-10-9-16-18-12(2)11-20-16/h5-8,11,14,17H,4,9-10H2,1-3H3. The molecule has 0 radical (unpaired) electrons. The Morgan fingerprint density at radius 1 is 1.35 bits per heavy atom. The number of thiazole rings is 1. The highest BCUT2D eigenvalue weighted by Crippen LogP contribution is 2.26. The molecule has 1 N–H and O–H groups in total. The SMILES string of the molecule is CCC(NCCc1nc(C)cs1)c1ccccc1OC. The first-order valence-electron chi connectivity index (χ1n) is 7.02. The maximum atomic E-state index is 5.45. The summed E-state index contributed by atoms with van der Waals surface area (Å²) in [5, 5.41) is 6.91. The van der Waals surface area contributed by atoms with Crippen LogP contribution in [0.4, 0.5) is 0 Å². The van der Waals surface area contributed by atoms with Crippen molar-refractivity contribution in [3.63, 3.8) is 0 Å². The van der Waals surface area contributed by atoms with E-state index in [9.17, 15) is 0 Å². The van der Waals surface area contributed by atoms with Gasteiger partial charge in [-0.2, -0.15) is 0 Å². The molecule has 20 heavy (non-hydrogen) atoms. The lowest BCUT2D eigenvalue weighted by atomic mass is 10.0. The maximum Gasteiger partial charge on any atom is 0.123 e. The van der Waals surface area contributed by atoms with Crippen LogP contribution in [0, 0.1) is 6.92 Å². The van der Waals surface area contributed by atoms with Crippen LogP contribution in [-0.2, 0) is 6.42 Å². The van der Waals surface area contributed by atoms with E-state index < -0.39 is 0 Å². The third-order valence-electron chi connectivity index (χ3n) is 3.32. The van der Waals surface area contributed by atoms with Crippen LogP contribution >= 0.6 is 11.3 Å². The van der Waals surface area contributed by atoms with Gasteiger partial charge < -0.3 is 10.1 Å². The van der Waals surface area contributed by atoms with Crippen LogP contribution in [0.15, 0.2) is 29.6 Å². The lowest BCUT2D eigenvalue weighted by molar-refractivity contribution is 0.397. The molecule has 4 heteroatoms. The van der Waals surface area contributed by atoms with Crippen LogP contribution in [0.1, 0.15) is 35.7 Å². The van der Waals surface area contributed by atoms with Gasteiger partial charge in [-0.3, -0.25) is 0 Å². The highest BCUT2D eigenvalue weighted by molar-refractivity contribution is 7.09. The summed E-state index contributed by atoms with van der Waals surface area (Å²) in [5.74, 6) is 0.956. The third kappa shape index (κ3) is 3.81. The number of nitrogens with zero attached hydrogens (tertiary/aromatic N) is 1. The van der Waals surface area contributed by atoms with Gasteiger partial charge in [-0.05, 0) is 19.4 Å².